The minimum atomic E-state index is 0.604. The Balaban J connectivity index is 2.82. The fourth-order valence-corrected chi connectivity index (χ4v) is 1.61. The van der Waals surface area contributed by atoms with E-state index >= 15 is 0 Å². The standard InChI is InChI=1S/C12H17NO3S/c1-14-7-6-13-12(17)10-8-9(15-2)4-5-11(10)16-3/h4-5,8H,6-7H2,1-3H3,(H,13,17). The minimum Gasteiger partial charge on any atom is -0.497 e. The molecular formula is C12H17NO3S. The Morgan fingerprint density at radius 1 is 1.24 bits per heavy atom. The lowest BCUT2D eigenvalue weighted by Gasteiger charge is -2.12. The second-order valence-electron chi connectivity index (χ2n) is 3.31. The lowest BCUT2D eigenvalue weighted by molar-refractivity contribution is 0.204. The molecule has 1 rings (SSSR count). The maximum absolute atomic E-state index is 5.29. The molecule has 0 bridgehead atoms. The van der Waals surface area contributed by atoms with Crippen LogP contribution in [-0.2, 0) is 4.74 Å². The van der Waals surface area contributed by atoms with Crippen molar-refractivity contribution in [2.24, 2.45) is 0 Å². The van der Waals surface area contributed by atoms with Crippen molar-refractivity contribution in [3.05, 3.63) is 23.8 Å². The zero-order valence-corrected chi connectivity index (χ0v) is 11.1. The number of ether oxygens (including phenoxy) is 3. The molecule has 17 heavy (non-hydrogen) atoms. The van der Waals surface area contributed by atoms with E-state index in [0.29, 0.717) is 18.1 Å². The lowest BCUT2D eigenvalue weighted by Crippen LogP contribution is -2.26. The van der Waals surface area contributed by atoms with E-state index < -0.39 is 0 Å². The van der Waals surface area contributed by atoms with Gasteiger partial charge in [-0.15, -0.1) is 0 Å². The average Bonchev–Trinajstić information content (AvgIpc) is 2.38. The SMILES string of the molecule is COCCNC(=S)c1cc(OC)ccc1OC. The topological polar surface area (TPSA) is 39.7 Å². The normalized spacial score (nSPS) is 9.82. The van der Waals surface area contributed by atoms with Gasteiger partial charge in [-0.2, -0.15) is 0 Å². The van der Waals surface area contributed by atoms with Crippen molar-refractivity contribution < 1.29 is 14.2 Å². The van der Waals surface area contributed by atoms with E-state index in [0.717, 1.165) is 17.1 Å². The zero-order valence-electron chi connectivity index (χ0n) is 10.3. The highest BCUT2D eigenvalue weighted by Crippen LogP contribution is 2.24. The van der Waals surface area contributed by atoms with Gasteiger partial charge < -0.3 is 19.5 Å². The van der Waals surface area contributed by atoms with Gasteiger partial charge in [0.25, 0.3) is 0 Å². The summed E-state index contributed by atoms with van der Waals surface area (Å²) in [6.07, 6.45) is 0. The summed E-state index contributed by atoms with van der Waals surface area (Å²) in [6, 6.07) is 5.51. The van der Waals surface area contributed by atoms with Gasteiger partial charge in [0.15, 0.2) is 0 Å². The van der Waals surface area contributed by atoms with Gasteiger partial charge in [0.1, 0.15) is 16.5 Å². The van der Waals surface area contributed by atoms with Crippen molar-refractivity contribution in [2.75, 3.05) is 34.5 Å². The molecule has 0 unspecified atom stereocenters. The summed E-state index contributed by atoms with van der Waals surface area (Å²) in [4.78, 5) is 0.623. The highest BCUT2D eigenvalue weighted by molar-refractivity contribution is 7.80. The number of rotatable bonds is 6. The molecule has 5 heteroatoms. The molecule has 0 aliphatic carbocycles. The first kappa shape index (κ1) is 13.7. The van der Waals surface area contributed by atoms with Gasteiger partial charge in [0.05, 0.1) is 26.4 Å². The van der Waals surface area contributed by atoms with Crippen LogP contribution in [0, 0.1) is 0 Å². The van der Waals surface area contributed by atoms with Crippen molar-refractivity contribution in [3.63, 3.8) is 0 Å². The lowest BCUT2D eigenvalue weighted by atomic mass is 10.2. The van der Waals surface area contributed by atoms with Crippen molar-refractivity contribution in [1.82, 2.24) is 5.32 Å². The summed E-state index contributed by atoms with van der Waals surface area (Å²) in [7, 11) is 4.88. The zero-order chi connectivity index (χ0) is 12.7. The minimum absolute atomic E-state index is 0.604. The van der Waals surface area contributed by atoms with Gasteiger partial charge in [0.2, 0.25) is 0 Å². The first-order valence-electron chi connectivity index (χ1n) is 5.22. The maximum atomic E-state index is 5.29. The van der Waals surface area contributed by atoms with Crippen LogP contribution in [0.15, 0.2) is 18.2 Å². The van der Waals surface area contributed by atoms with Gasteiger partial charge in [0, 0.05) is 13.7 Å². The first-order chi connectivity index (χ1) is 8.22. The number of thiocarbonyl (C=S) groups is 1. The molecule has 0 heterocycles. The molecule has 1 aromatic rings. The van der Waals surface area contributed by atoms with Crippen LogP contribution < -0.4 is 14.8 Å². The van der Waals surface area contributed by atoms with E-state index in [-0.39, 0.29) is 0 Å². The number of hydrogen-bond donors (Lipinski definition) is 1. The van der Waals surface area contributed by atoms with Gasteiger partial charge in [-0.3, -0.25) is 0 Å². The van der Waals surface area contributed by atoms with Crippen LogP contribution in [0.2, 0.25) is 0 Å². The second kappa shape index (κ2) is 7.09. The van der Waals surface area contributed by atoms with Crippen molar-refractivity contribution in [3.8, 4) is 11.5 Å². The van der Waals surface area contributed by atoms with Crippen molar-refractivity contribution in [2.45, 2.75) is 0 Å². The molecule has 0 spiro atoms. The predicted octanol–water partition coefficient (Wildman–Crippen LogP) is 1.62. The summed E-state index contributed by atoms with van der Waals surface area (Å²) in [5.41, 5.74) is 0.818. The molecule has 0 radical (unpaired) electrons. The fourth-order valence-electron chi connectivity index (χ4n) is 1.35. The molecule has 0 aliphatic heterocycles. The molecule has 0 aromatic heterocycles. The van der Waals surface area contributed by atoms with Crippen LogP contribution in [0.4, 0.5) is 0 Å². The number of hydrogen-bond acceptors (Lipinski definition) is 4. The molecule has 0 saturated heterocycles. The van der Waals surface area contributed by atoms with Crippen LogP contribution in [0.3, 0.4) is 0 Å². The molecule has 0 atom stereocenters. The summed E-state index contributed by atoms with van der Waals surface area (Å²) in [5, 5.41) is 3.10. The number of benzene rings is 1. The van der Waals surface area contributed by atoms with Crippen molar-refractivity contribution in [1.29, 1.82) is 0 Å². The predicted molar refractivity (Wildman–Crippen MR) is 71.1 cm³/mol. The first-order valence-corrected chi connectivity index (χ1v) is 5.63. The van der Waals surface area contributed by atoms with Crippen LogP contribution >= 0.6 is 12.2 Å². The van der Waals surface area contributed by atoms with Gasteiger partial charge in [-0.25, -0.2) is 0 Å². The molecule has 1 N–H and O–H groups in total. The van der Waals surface area contributed by atoms with E-state index in [4.69, 9.17) is 26.4 Å². The fraction of sp³-hybridized carbons (Fsp3) is 0.417. The van der Waals surface area contributed by atoms with E-state index in [1.54, 1.807) is 21.3 Å². The van der Waals surface area contributed by atoms with Crippen LogP contribution in [0.25, 0.3) is 0 Å². The molecule has 0 fully saturated rings. The van der Waals surface area contributed by atoms with Crippen LogP contribution in [0.5, 0.6) is 11.5 Å². The van der Waals surface area contributed by atoms with Crippen molar-refractivity contribution >= 4 is 17.2 Å². The van der Waals surface area contributed by atoms with E-state index in [1.165, 1.54) is 0 Å². The Labute approximate surface area is 107 Å². The highest BCUT2D eigenvalue weighted by atomic mass is 32.1. The van der Waals surface area contributed by atoms with E-state index in [9.17, 15) is 0 Å². The quantitative estimate of drug-likeness (QED) is 0.618. The Kier molecular flexibility index (Phi) is 5.72. The number of nitrogens with one attached hydrogen (secondary N) is 1. The Bertz CT molecular complexity index is 382. The summed E-state index contributed by atoms with van der Waals surface area (Å²) >= 11 is 5.29. The molecule has 94 valence electrons. The Hall–Kier alpha value is -1.33. The molecule has 0 amide bonds. The number of methoxy groups -OCH3 is 3. The van der Waals surface area contributed by atoms with Gasteiger partial charge in [-0.05, 0) is 18.2 Å². The van der Waals surface area contributed by atoms with Crippen LogP contribution in [-0.4, -0.2) is 39.5 Å². The van der Waals surface area contributed by atoms with Gasteiger partial charge in [-0.1, -0.05) is 12.2 Å². The molecule has 0 aliphatic rings. The second-order valence-corrected chi connectivity index (χ2v) is 3.72. The van der Waals surface area contributed by atoms with E-state index in [1.807, 2.05) is 18.2 Å². The molecule has 1 aromatic carbocycles. The Morgan fingerprint density at radius 3 is 2.59 bits per heavy atom. The summed E-state index contributed by atoms with van der Waals surface area (Å²) in [5.74, 6) is 1.47. The Morgan fingerprint density at radius 2 is 2.00 bits per heavy atom. The van der Waals surface area contributed by atoms with Crippen LogP contribution in [0.1, 0.15) is 5.56 Å². The maximum Gasteiger partial charge on any atom is 0.129 e. The highest BCUT2D eigenvalue weighted by Gasteiger charge is 2.09. The average molecular weight is 255 g/mol. The third-order valence-corrected chi connectivity index (χ3v) is 2.61. The molecule has 0 saturated carbocycles. The smallest absolute Gasteiger partial charge is 0.129 e. The molecule has 4 nitrogen and oxygen atoms in total. The largest absolute Gasteiger partial charge is 0.497 e. The third-order valence-electron chi connectivity index (χ3n) is 2.24. The summed E-state index contributed by atoms with van der Waals surface area (Å²) in [6.45, 7) is 1.27. The van der Waals surface area contributed by atoms with Gasteiger partial charge >= 0.3 is 0 Å². The monoisotopic (exact) mass is 255 g/mol. The third kappa shape index (κ3) is 3.87. The molecular weight excluding hydrogens is 238 g/mol. The van der Waals surface area contributed by atoms with E-state index in [2.05, 4.69) is 5.32 Å². The summed E-state index contributed by atoms with van der Waals surface area (Å²) < 4.78 is 15.4.